The van der Waals surface area contributed by atoms with Crippen LogP contribution in [0.2, 0.25) is 0 Å². The molecule has 1 aliphatic heterocycles. The summed E-state index contributed by atoms with van der Waals surface area (Å²) in [6.45, 7) is 11.8. The highest BCUT2D eigenvalue weighted by atomic mass is 16.5. The average molecular weight is 233 g/mol. The Labute approximate surface area is 104 Å². The summed E-state index contributed by atoms with van der Waals surface area (Å²) in [5.41, 5.74) is 5.33. The molecule has 0 radical (unpaired) electrons. The maximum atomic E-state index is 6.06. The van der Waals surface area contributed by atoms with Gasteiger partial charge in [-0.25, -0.2) is 0 Å². The second-order valence-corrected chi connectivity index (χ2v) is 5.15. The first kappa shape index (κ1) is 12.4. The standard InChI is InChI=1S/C15H23NO/c1-6-16-13-8-11(4)17-15-12(5)9(2)7-10(3)14(13)15/h7,11,13,16H,6,8H2,1-5H3. The summed E-state index contributed by atoms with van der Waals surface area (Å²) >= 11 is 0. The molecule has 17 heavy (non-hydrogen) atoms. The third-order valence-electron chi connectivity index (χ3n) is 3.72. The fourth-order valence-corrected chi connectivity index (χ4v) is 2.79. The van der Waals surface area contributed by atoms with Crippen molar-refractivity contribution in [3.05, 3.63) is 28.3 Å². The van der Waals surface area contributed by atoms with Crippen LogP contribution in [0.5, 0.6) is 5.75 Å². The van der Waals surface area contributed by atoms with E-state index in [0.29, 0.717) is 12.1 Å². The third kappa shape index (κ3) is 2.19. The molecule has 0 fully saturated rings. The molecule has 0 bridgehead atoms. The highest BCUT2D eigenvalue weighted by Crippen LogP contribution is 2.40. The Morgan fingerprint density at radius 1 is 1.29 bits per heavy atom. The van der Waals surface area contributed by atoms with Gasteiger partial charge in [-0.3, -0.25) is 0 Å². The number of aryl methyl sites for hydroxylation is 2. The maximum Gasteiger partial charge on any atom is 0.127 e. The molecule has 0 saturated heterocycles. The summed E-state index contributed by atoms with van der Waals surface area (Å²) in [6, 6.07) is 2.72. The molecule has 2 atom stereocenters. The van der Waals surface area contributed by atoms with E-state index < -0.39 is 0 Å². The topological polar surface area (TPSA) is 21.3 Å². The number of hydrogen-bond acceptors (Lipinski definition) is 2. The number of nitrogens with one attached hydrogen (secondary N) is 1. The normalized spacial score (nSPS) is 23.1. The van der Waals surface area contributed by atoms with E-state index in [1.807, 2.05) is 0 Å². The van der Waals surface area contributed by atoms with Gasteiger partial charge in [-0.05, 0) is 50.9 Å². The van der Waals surface area contributed by atoms with Gasteiger partial charge in [0.1, 0.15) is 5.75 Å². The lowest BCUT2D eigenvalue weighted by Crippen LogP contribution is -2.32. The van der Waals surface area contributed by atoms with Crippen LogP contribution in [0, 0.1) is 20.8 Å². The van der Waals surface area contributed by atoms with E-state index in [1.54, 1.807) is 0 Å². The molecule has 1 heterocycles. The van der Waals surface area contributed by atoms with Gasteiger partial charge in [0.25, 0.3) is 0 Å². The van der Waals surface area contributed by atoms with Gasteiger partial charge in [0, 0.05) is 18.0 Å². The van der Waals surface area contributed by atoms with Gasteiger partial charge in [-0.15, -0.1) is 0 Å². The Morgan fingerprint density at radius 2 is 2.00 bits per heavy atom. The van der Waals surface area contributed by atoms with Crippen LogP contribution in [-0.2, 0) is 0 Å². The first-order chi connectivity index (χ1) is 8.04. The number of fused-ring (bicyclic) bond motifs is 1. The van der Waals surface area contributed by atoms with Crippen molar-refractivity contribution < 1.29 is 4.74 Å². The average Bonchev–Trinajstić information content (AvgIpc) is 2.25. The van der Waals surface area contributed by atoms with Crippen LogP contribution in [0.4, 0.5) is 0 Å². The van der Waals surface area contributed by atoms with E-state index in [2.05, 4.69) is 46.0 Å². The first-order valence-corrected chi connectivity index (χ1v) is 6.55. The predicted octanol–water partition coefficient (Wildman–Crippen LogP) is 3.43. The van der Waals surface area contributed by atoms with Gasteiger partial charge in [-0.1, -0.05) is 13.0 Å². The fraction of sp³-hybridized carbons (Fsp3) is 0.600. The quantitative estimate of drug-likeness (QED) is 0.845. The Bertz CT molecular complexity index is 425. The van der Waals surface area contributed by atoms with Crippen LogP contribution >= 0.6 is 0 Å². The summed E-state index contributed by atoms with van der Waals surface area (Å²) in [5.74, 6) is 1.12. The van der Waals surface area contributed by atoms with Crippen molar-refractivity contribution in [3.8, 4) is 5.75 Å². The van der Waals surface area contributed by atoms with Crippen LogP contribution in [0.1, 0.15) is 48.6 Å². The van der Waals surface area contributed by atoms with Crippen molar-refractivity contribution >= 4 is 0 Å². The Morgan fingerprint density at radius 3 is 2.65 bits per heavy atom. The largest absolute Gasteiger partial charge is 0.490 e. The number of hydrogen-bond donors (Lipinski definition) is 1. The molecule has 0 saturated carbocycles. The van der Waals surface area contributed by atoms with Crippen molar-refractivity contribution in [1.82, 2.24) is 5.32 Å². The van der Waals surface area contributed by atoms with E-state index in [9.17, 15) is 0 Å². The lowest BCUT2D eigenvalue weighted by atomic mass is 9.89. The molecular formula is C15H23NO. The Kier molecular flexibility index (Phi) is 3.43. The second-order valence-electron chi connectivity index (χ2n) is 5.15. The molecule has 94 valence electrons. The monoisotopic (exact) mass is 233 g/mol. The third-order valence-corrected chi connectivity index (χ3v) is 3.72. The highest BCUT2D eigenvalue weighted by Gasteiger charge is 2.28. The molecule has 1 N–H and O–H groups in total. The predicted molar refractivity (Wildman–Crippen MR) is 71.8 cm³/mol. The molecule has 1 aromatic carbocycles. The summed E-state index contributed by atoms with van der Waals surface area (Å²) in [7, 11) is 0. The number of benzene rings is 1. The molecule has 0 spiro atoms. The first-order valence-electron chi connectivity index (χ1n) is 6.55. The van der Waals surface area contributed by atoms with E-state index in [-0.39, 0.29) is 0 Å². The van der Waals surface area contributed by atoms with Crippen molar-refractivity contribution in [2.45, 2.75) is 53.2 Å². The SMILES string of the molecule is CCNC1CC(C)Oc2c(C)c(C)cc(C)c21. The molecule has 2 unspecified atom stereocenters. The molecule has 1 aliphatic rings. The van der Waals surface area contributed by atoms with Crippen molar-refractivity contribution in [1.29, 1.82) is 0 Å². The Balaban J connectivity index is 2.54. The minimum absolute atomic E-state index is 0.298. The molecule has 1 aromatic rings. The van der Waals surface area contributed by atoms with Gasteiger partial charge in [0.05, 0.1) is 6.10 Å². The van der Waals surface area contributed by atoms with E-state index in [4.69, 9.17) is 4.74 Å². The zero-order valence-electron chi connectivity index (χ0n) is 11.6. The van der Waals surface area contributed by atoms with E-state index >= 15 is 0 Å². The molecule has 0 amide bonds. The van der Waals surface area contributed by atoms with Crippen molar-refractivity contribution in [2.24, 2.45) is 0 Å². The van der Waals surface area contributed by atoms with Crippen LogP contribution < -0.4 is 10.1 Å². The molecule has 2 nitrogen and oxygen atoms in total. The second kappa shape index (κ2) is 4.69. The minimum Gasteiger partial charge on any atom is -0.490 e. The van der Waals surface area contributed by atoms with Crippen LogP contribution in [0.15, 0.2) is 6.07 Å². The molecule has 2 heteroatoms. The van der Waals surface area contributed by atoms with Crippen LogP contribution in [0.25, 0.3) is 0 Å². The zero-order valence-corrected chi connectivity index (χ0v) is 11.6. The lowest BCUT2D eigenvalue weighted by molar-refractivity contribution is 0.165. The maximum absolute atomic E-state index is 6.06. The van der Waals surface area contributed by atoms with Gasteiger partial charge in [0.2, 0.25) is 0 Å². The summed E-state index contributed by atoms with van der Waals surface area (Å²) in [6.07, 6.45) is 1.36. The fourth-order valence-electron chi connectivity index (χ4n) is 2.79. The zero-order chi connectivity index (χ0) is 12.6. The number of rotatable bonds is 2. The van der Waals surface area contributed by atoms with E-state index in [0.717, 1.165) is 18.7 Å². The van der Waals surface area contributed by atoms with Crippen molar-refractivity contribution in [2.75, 3.05) is 6.54 Å². The molecular weight excluding hydrogens is 210 g/mol. The van der Waals surface area contributed by atoms with Gasteiger partial charge < -0.3 is 10.1 Å². The minimum atomic E-state index is 0.298. The lowest BCUT2D eigenvalue weighted by Gasteiger charge is -2.34. The van der Waals surface area contributed by atoms with Crippen molar-refractivity contribution in [3.63, 3.8) is 0 Å². The highest BCUT2D eigenvalue weighted by molar-refractivity contribution is 5.52. The molecule has 0 aromatic heterocycles. The van der Waals surface area contributed by atoms with Gasteiger partial charge in [-0.2, -0.15) is 0 Å². The number of ether oxygens (including phenoxy) is 1. The molecule has 0 aliphatic carbocycles. The summed E-state index contributed by atoms with van der Waals surface area (Å²) < 4.78 is 6.06. The molecule has 2 rings (SSSR count). The summed E-state index contributed by atoms with van der Waals surface area (Å²) in [4.78, 5) is 0. The van der Waals surface area contributed by atoms with E-state index in [1.165, 1.54) is 22.3 Å². The van der Waals surface area contributed by atoms with Gasteiger partial charge in [0.15, 0.2) is 0 Å². The Hall–Kier alpha value is -1.02. The van der Waals surface area contributed by atoms with Crippen LogP contribution in [0.3, 0.4) is 0 Å². The smallest absolute Gasteiger partial charge is 0.127 e. The van der Waals surface area contributed by atoms with Crippen LogP contribution in [-0.4, -0.2) is 12.6 Å². The summed E-state index contributed by atoms with van der Waals surface area (Å²) in [5, 5.41) is 3.58. The van der Waals surface area contributed by atoms with Gasteiger partial charge >= 0.3 is 0 Å².